The molecule has 1 unspecified atom stereocenters. The topological polar surface area (TPSA) is 53.3 Å². The minimum Gasteiger partial charge on any atom is -0.494 e. The minimum absolute atomic E-state index is 0.0247. The number of amides is 1. The molecule has 22 heavy (non-hydrogen) atoms. The number of likely N-dealkylation sites (tertiary alicyclic amines) is 1. The quantitative estimate of drug-likeness (QED) is 0.840. The predicted octanol–water partition coefficient (Wildman–Crippen LogP) is 3.03. The number of hydrogen-bond acceptors (Lipinski definition) is 3. The maximum atomic E-state index is 12.5. The van der Waals surface area contributed by atoms with Gasteiger partial charge in [-0.2, -0.15) is 5.26 Å². The van der Waals surface area contributed by atoms with Gasteiger partial charge in [-0.05, 0) is 49.8 Å². The van der Waals surface area contributed by atoms with E-state index in [0.717, 1.165) is 37.2 Å². The fourth-order valence-electron chi connectivity index (χ4n) is 2.76. The molecule has 1 atom stereocenters. The van der Waals surface area contributed by atoms with Crippen molar-refractivity contribution in [3.63, 3.8) is 0 Å². The van der Waals surface area contributed by atoms with Crippen LogP contribution in [0.5, 0.6) is 5.75 Å². The summed E-state index contributed by atoms with van der Waals surface area (Å²) < 4.78 is 5.40. The van der Waals surface area contributed by atoms with Gasteiger partial charge in [-0.15, -0.1) is 0 Å². The van der Waals surface area contributed by atoms with Gasteiger partial charge in [0, 0.05) is 13.1 Å². The smallest absolute Gasteiger partial charge is 0.240 e. The Morgan fingerprint density at radius 1 is 1.36 bits per heavy atom. The summed E-state index contributed by atoms with van der Waals surface area (Å²) in [6, 6.07) is 9.82. The number of benzene rings is 1. The van der Waals surface area contributed by atoms with Gasteiger partial charge in [0.1, 0.15) is 11.7 Å². The standard InChI is InChI=1S/C18H24N2O2/c1-3-22-17-6-4-15(5-7-17)12-16(13-19)18(21)20-10-8-14(2)9-11-20/h4-7,14,16H,3,8-12H2,1-2H3. The van der Waals surface area contributed by atoms with Crippen molar-refractivity contribution in [3.05, 3.63) is 29.8 Å². The molecule has 4 heteroatoms. The number of nitrogens with zero attached hydrogens (tertiary/aromatic N) is 2. The Bertz CT molecular complexity index is 525. The minimum atomic E-state index is -0.591. The molecule has 1 aliphatic rings. The lowest BCUT2D eigenvalue weighted by Gasteiger charge is -2.31. The number of carbonyl (C=O) groups excluding carboxylic acids is 1. The van der Waals surface area contributed by atoms with Crippen LogP contribution in [0.1, 0.15) is 32.3 Å². The van der Waals surface area contributed by atoms with Crippen LogP contribution in [0.2, 0.25) is 0 Å². The molecule has 1 aromatic rings. The molecule has 0 saturated carbocycles. The van der Waals surface area contributed by atoms with Crippen molar-refractivity contribution in [1.82, 2.24) is 4.90 Å². The van der Waals surface area contributed by atoms with Crippen molar-refractivity contribution in [3.8, 4) is 11.8 Å². The van der Waals surface area contributed by atoms with Crippen LogP contribution in [0, 0.1) is 23.2 Å². The van der Waals surface area contributed by atoms with Crippen LogP contribution in [0.25, 0.3) is 0 Å². The van der Waals surface area contributed by atoms with E-state index in [9.17, 15) is 10.1 Å². The Morgan fingerprint density at radius 2 is 2.00 bits per heavy atom. The van der Waals surface area contributed by atoms with Crippen LogP contribution in [0.4, 0.5) is 0 Å². The molecule has 0 N–H and O–H groups in total. The fraction of sp³-hybridized carbons (Fsp3) is 0.556. The molecule has 118 valence electrons. The summed E-state index contributed by atoms with van der Waals surface area (Å²) in [5, 5.41) is 9.36. The molecule has 0 aliphatic carbocycles. The average molecular weight is 300 g/mol. The van der Waals surface area contributed by atoms with Crippen LogP contribution < -0.4 is 4.74 Å². The van der Waals surface area contributed by atoms with E-state index in [1.807, 2.05) is 36.1 Å². The number of ether oxygens (including phenoxy) is 1. The molecule has 1 aromatic carbocycles. The van der Waals surface area contributed by atoms with Crippen molar-refractivity contribution in [1.29, 1.82) is 5.26 Å². The monoisotopic (exact) mass is 300 g/mol. The second kappa shape index (κ2) is 7.84. The summed E-state index contributed by atoms with van der Waals surface area (Å²) in [5.74, 6) is 0.876. The molecule has 0 aromatic heterocycles. The highest BCUT2D eigenvalue weighted by atomic mass is 16.5. The van der Waals surface area contributed by atoms with Crippen LogP contribution in [0.3, 0.4) is 0 Å². The molecule has 2 rings (SSSR count). The Morgan fingerprint density at radius 3 is 2.55 bits per heavy atom. The highest BCUT2D eigenvalue weighted by Gasteiger charge is 2.27. The lowest BCUT2D eigenvalue weighted by atomic mass is 9.95. The first kappa shape index (κ1) is 16.4. The molecule has 0 bridgehead atoms. The average Bonchev–Trinajstić information content (AvgIpc) is 2.54. The van der Waals surface area contributed by atoms with Crippen LogP contribution >= 0.6 is 0 Å². The molecule has 1 heterocycles. The van der Waals surface area contributed by atoms with E-state index in [0.29, 0.717) is 18.9 Å². The molecular weight excluding hydrogens is 276 g/mol. The predicted molar refractivity (Wildman–Crippen MR) is 85.4 cm³/mol. The highest BCUT2D eigenvalue weighted by Crippen LogP contribution is 2.20. The number of carbonyl (C=O) groups is 1. The molecule has 1 saturated heterocycles. The zero-order chi connectivity index (χ0) is 15.9. The van der Waals surface area contributed by atoms with Gasteiger partial charge in [0.15, 0.2) is 0 Å². The summed E-state index contributed by atoms with van der Waals surface area (Å²) >= 11 is 0. The maximum absolute atomic E-state index is 12.5. The number of rotatable bonds is 5. The summed E-state index contributed by atoms with van der Waals surface area (Å²) in [7, 11) is 0. The van der Waals surface area contributed by atoms with E-state index in [1.54, 1.807) is 0 Å². The van der Waals surface area contributed by atoms with E-state index < -0.39 is 5.92 Å². The Kier molecular flexibility index (Phi) is 5.83. The van der Waals surface area contributed by atoms with E-state index in [-0.39, 0.29) is 5.91 Å². The van der Waals surface area contributed by atoms with Gasteiger partial charge in [0.25, 0.3) is 0 Å². The lowest BCUT2D eigenvalue weighted by molar-refractivity contribution is -0.135. The SMILES string of the molecule is CCOc1ccc(CC(C#N)C(=O)N2CCC(C)CC2)cc1. The number of piperidine rings is 1. The zero-order valence-electron chi connectivity index (χ0n) is 13.4. The molecule has 4 nitrogen and oxygen atoms in total. The molecule has 0 radical (unpaired) electrons. The van der Waals surface area contributed by atoms with Crippen molar-refractivity contribution in [2.45, 2.75) is 33.1 Å². The van der Waals surface area contributed by atoms with Gasteiger partial charge in [0.2, 0.25) is 5.91 Å². The van der Waals surface area contributed by atoms with E-state index in [4.69, 9.17) is 4.74 Å². The zero-order valence-corrected chi connectivity index (χ0v) is 13.4. The van der Waals surface area contributed by atoms with Gasteiger partial charge < -0.3 is 9.64 Å². The number of hydrogen-bond donors (Lipinski definition) is 0. The van der Waals surface area contributed by atoms with E-state index in [2.05, 4.69) is 13.0 Å². The van der Waals surface area contributed by atoms with E-state index in [1.165, 1.54) is 0 Å². The molecule has 0 spiro atoms. The van der Waals surface area contributed by atoms with Crippen LogP contribution in [-0.2, 0) is 11.2 Å². The summed E-state index contributed by atoms with van der Waals surface area (Å²) in [6.45, 7) is 6.34. The third-order valence-corrected chi connectivity index (χ3v) is 4.22. The Labute approximate surface area is 132 Å². The van der Waals surface area contributed by atoms with Gasteiger partial charge in [0.05, 0.1) is 12.7 Å². The second-order valence-electron chi connectivity index (χ2n) is 5.97. The van der Waals surface area contributed by atoms with Gasteiger partial charge in [-0.25, -0.2) is 0 Å². The Balaban J connectivity index is 1.96. The third-order valence-electron chi connectivity index (χ3n) is 4.22. The van der Waals surface area contributed by atoms with Crippen LogP contribution in [-0.4, -0.2) is 30.5 Å². The first-order valence-electron chi connectivity index (χ1n) is 8.04. The fourth-order valence-corrected chi connectivity index (χ4v) is 2.76. The number of nitriles is 1. The Hall–Kier alpha value is -2.02. The first-order chi connectivity index (χ1) is 10.6. The molecular formula is C18H24N2O2. The van der Waals surface area contributed by atoms with Crippen molar-refractivity contribution < 1.29 is 9.53 Å². The summed E-state index contributed by atoms with van der Waals surface area (Å²) in [4.78, 5) is 14.3. The van der Waals surface area contributed by atoms with Gasteiger partial charge in [-0.3, -0.25) is 4.79 Å². The maximum Gasteiger partial charge on any atom is 0.240 e. The molecule has 1 aliphatic heterocycles. The first-order valence-corrected chi connectivity index (χ1v) is 8.04. The van der Waals surface area contributed by atoms with Gasteiger partial charge in [-0.1, -0.05) is 19.1 Å². The van der Waals surface area contributed by atoms with Crippen LogP contribution in [0.15, 0.2) is 24.3 Å². The third kappa shape index (κ3) is 4.24. The van der Waals surface area contributed by atoms with Gasteiger partial charge >= 0.3 is 0 Å². The highest BCUT2D eigenvalue weighted by molar-refractivity contribution is 5.81. The lowest BCUT2D eigenvalue weighted by Crippen LogP contribution is -2.41. The van der Waals surface area contributed by atoms with Crippen molar-refractivity contribution in [2.75, 3.05) is 19.7 Å². The molecule has 1 fully saturated rings. The summed E-state index contributed by atoms with van der Waals surface area (Å²) in [6.07, 6.45) is 2.54. The largest absolute Gasteiger partial charge is 0.494 e. The second-order valence-corrected chi connectivity index (χ2v) is 5.97. The van der Waals surface area contributed by atoms with E-state index >= 15 is 0 Å². The van der Waals surface area contributed by atoms with Crippen molar-refractivity contribution in [2.24, 2.45) is 11.8 Å². The normalized spacial score (nSPS) is 16.9. The summed E-state index contributed by atoms with van der Waals surface area (Å²) in [5.41, 5.74) is 0.994. The van der Waals surface area contributed by atoms with Crippen molar-refractivity contribution >= 4 is 5.91 Å². The molecule has 1 amide bonds.